The van der Waals surface area contributed by atoms with Crippen LogP contribution in [0.4, 0.5) is 5.69 Å². The Hall–Kier alpha value is -0.900. The van der Waals surface area contributed by atoms with Crippen molar-refractivity contribution in [2.24, 2.45) is 0 Å². The molecule has 0 unspecified atom stereocenters. The number of phenolic OH excluding ortho intramolecular Hbond substituents is 1. The maximum Gasteiger partial charge on any atom is 0.139 e. The average molecular weight is 375 g/mol. The molecule has 0 aliphatic rings. The Morgan fingerprint density at radius 3 is 2.30 bits per heavy atom. The van der Waals surface area contributed by atoms with E-state index in [4.69, 9.17) is 23.2 Å². The molecule has 0 atom stereocenters. The van der Waals surface area contributed by atoms with Gasteiger partial charge in [0.15, 0.2) is 0 Å². The molecule has 0 spiro atoms. The van der Waals surface area contributed by atoms with Gasteiger partial charge in [0.1, 0.15) is 5.75 Å². The Balaban J connectivity index is 2.26. The zero-order valence-corrected chi connectivity index (χ0v) is 14.2. The van der Waals surface area contributed by atoms with Gasteiger partial charge in [0.05, 0.1) is 5.02 Å². The predicted octanol–water partition coefficient (Wildman–Crippen LogP) is 5.69. The van der Waals surface area contributed by atoms with Crippen LogP contribution in [-0.4, -0.2) is 5.11 Å². The highest BCUT2D eigenvalue weighted by Gasteiger charge is 2.09. The highest BCUT2D eigenvalue weighted by atomic mass is 79.9. The summed E-state index contributed by atoms with van der Waals surface area (Å²) in [6.45, 7) is 4.52. The first-order valence-electron chi connectivity index (χ1n) is 6.06. The second kappa shape index (κ2) is 6.25. The third-order valence-electron chi connectivity index (χ3n) is 3.06. The molecule has 0 aliphatic heterocycles. The van der Waals surface area contributed by atoms with Crippen LogP contribution in [0.2, 0.25) is 10.0 Å². The third-order valence-corrected chi connectivity index (χ3v) is 4.02. The highest BCUT2D eigenvalue weighted by Crippen LogP contribution is 2.32. The van der Waals surface area contributed by atoms with Crippen molar-refractivity contribution in [2.45, 2.75) is 20.4 Å². The van der Waals surface area contributed by atoms with Gasteiger partial charge in [-0.15, -0.1) is 0 Å². The number of nitrogens with one attached hydrogen (secondary N) is 1. The Morgan fingerprint density at radius 1 is 1.10 bits per heavy atom. The summed E-state index contributed by atoms with van der Waals surface area (Å²) in [6, 6.07) is 7.32. The minimum absolute atomic E-state index is 0.0657. The summed E-state index contributed by atoms with van der Waals surface area (Å²) in [5.74, 6) is 0.0657. The normalized spacial score (nSPS) is 10.7. The number of aromatic hydroxyl groups is 1. The van der Waals surface area contributed by atoms with Gasteiger partial charge < -0.3 is 10.4 Å². The number of rotatable bonds is 3. The smallest absolute Gasteiger partial charge is 0.139 e. The van der Waals surface area contributed by atoms with Crippen molar-refractivity contribution in [3.05, 3.63) is 55.5 Å². The van der Waals surface area contributed by atoms with Crippen LogP contribution in [0.5, 0.6) is 5.75 Å². The lowest BCUT2D eigenvalue weighted by Crippen LogP contribution is -2.03. The maximum absolute atomic E-state index is 9.94. The number of aryl methyl sites for hydroxylation is 2. The second-order valence-corrected chi connectivity index (χ2v) is 6.42. The van der Waals surface area contributed by atoms with Crippen LogP contribution in [0.1, 0.15) is 16.7 Å². The van der Waals surface area contributed by atoms with Crippen LogP contribution < -0.4 is 5.32 Å². The average Bonchev–Trinajstić information content (AvgIpc) is 2.33. The first-order valence-corrected chi connectivity index (χ1v) is 7.61. The fraction of sp³-hybridized carbons (Fsp3) is 0.200. The molecular formula is C15H14BrCl2NO. The van der Waals surface area contributed by atoms with Crippen molar-refractivity contribution in [3.8, 4) is 5.75 Å². The second-order valence-electron chi connectivity index (χ2n) is 4.66. The van der Waals surface area contributed by atoms with E-state index < -0.39 is 0 Å². The number of benzene rings is 2. The standard InChI is InChI=1S/C15H14BrCl2NO/c1-8-3-11(16)4-9(2)14(8)19-7-10-5-12(17)6-13(18)15(10)20/h3-6,19-20H,7H2,1-2H3. The summed E-state index contributed by atoms with van der Waals surface area (Å²) in [4.78, 5) is 0. The monoisotopic (exact) mass is 373 g/mol. The predicted molar refractivity (Wildman–Crippen MR) is 89.1 cm³/mol. The zero-order chi connectivity index (χ0) is 14.9. The molecule has 0 heterocycles. The van der Waals surface area contributed by atoms with E-state index in [1.165, 1.54) is 6.07 Å². The van der Waals surface area contributed by atoms with Crippen LogP contribution in [-0.2, 0) is 6.54 Å². The molecule has 2 aromatic rings. The summed E-state index contributed by atoms with van der Waals surface area (Å²) in [5, 5.41) is 14.0. The molecule has 0 radical (unpaired) electrons. The van der Waals surface area contributed by atoms with Crippen molar-refractivity contribution in [2.75, 3.05) is 5.32 Å². The van der Waals surface area contributed by atoms with Crippen LogP contribution in [0.15, 0.2) is 28.7 Å². The van der Waals surface area contributed by atoms with Crippen LogP contribution in [0.3, 0.4) is 0 Å². The number of anilines is 1. The number of hydrogen-bond acceptors (Lipinski definition) is 2. The van der Waals surface area contributed by atoms with Crippen molar-refractivity contribution < 1.29 is 5.11 Å². The zero-order valence-electron chi connectivity index (χ0n) is 11.1. The lowest BCUT2D eigenvalue weighted by Gasteiger charge is -2.14. The molecule has 2 nitrogen and oxygen atoms in total. The minimum Gasteiger partial charge on any atom is -0.506 e. The van der Waals surface area contributed by atoms with Crippen molar-refractivity contribution in [3.63, 3.8) is 0 Å². The first kappa shape index (κ1) is 15.5. The van der Waals surface area contributed by atoms with Gasteiger partial charge in [-0.25, -0.2) is 0 Å². The fourth-order valence-electron chi connectivity index (χ4n) is 2.13. The molecular weight excluding hydrogens is 361 g/mol. The molecule has 0 saturated heterocycles. The Labute approximate surface area is 136 Å². The Bertz CT molecular complexity index is 636. The maximum atomic E-state index is 9.94. The molecule has 2 aromatic carbocycles. The van der Waals surface area contributed by atoms with Crippen LogP contribution >= 0.6 is 39.1 Å². The van der Waals surface area contributed by atoms with E-state index in [0.29, 0.717) is 17.1 Å². The summed E-state index contributed by atoms with van der Waals surface area (Å²) in [5.41, 5.74) is 3.97. The molecule has 2 rings (SSSR count). The minimum atomic E-state index is 0.0657. The molecule has 0 aliphatic carbocycles. The number of phenols is 1. The van der Waals surface area contributed by atoms with E-state index in [1.807, 2.05) is 26.0 Å². The van der Waals surface area contributed by atoms with Gasteiger partial charge in [-0.2, -0.15) is 0 Å². The highest BCUT2D eigenvalue weighted by molar-refractivity contribution is 9.10. The van der Waals surface area contributed by atoms with Crippen molar-refractivity contribution in [1.82, 2.24) is 0 Å². The lowest BCUT2D eigenvalue weighted by molar-refractivity contribution is 0.469. The molecule has 0 fully saturated rings. The van der Waals surface area contributed by atoms with Gasteiger partial charge >= 0.3 is 0 Å². The molecule has 0 aromatic heterocycles. The first-order chi connectivity index (χ1) is 9.38. The van der Waals surface area contributed by atoms with E-state index in [-0.39, 0.29) is 10.8 Å². The van der Waals surface area contributed by atoms with Crippen LogP contribution in [0, 0.1) is 13.8 Å². The van der Waals surface area contributed by atoms with Gasteiger partial charge in [0.25, 0.3) is 0 Å². The summed E-state index contributed by atoms with van der Waals surface area (Å²) in [6.07, 6.45) is 0. The van der Waals surface area contributed by atoms with E-state index in [2.05, 4.69) is 21.2 Å². The SMILES string of the molecule is Cc1cc(Br)cc(C)c1NCc1cc(Cl)cc(Cl)c1O. The van der Waals surface area contributed by atoms with Gasteiger partial charge in [-0.05, 0) is 49.2 Å². The number of halogens is 3. The van der Waals surface area contributed by atoms with Gasteiger partial charge in [-0.1, -0.05) is 39.1 Å². The van der Waals surface area contributed by atoms with Crippen LogP contribution in [0.25, 0.3) is 0 Å². The lowest BCUT2D eigenvalue weighted by atomic mass is 10.1. The molecule has 0 bridgehead atoms. The fourth-order valence-corrected chi connectivity index (χ4v) is 3.35. The Kier molecular flexibility index (Phi) is 4.84. The summed E-state index contributed by atoms with van der Waals surface area (Å²) >= 11 is 15.3. The van der Waals surface area contributed by atoms with E-state index in [1.54, 1.807) is 6.07 Å². The third kappa shape index (κ3) is 3.40. The summed E-state index contributed by atoms with van der Waals surface area (Å²) < 4.78 is 1.05. The molecule has 0 saturated carbocycles. The van der Waals surface area contributed by atoms with Crippen molar-refractivity contribution >= 4 is 44.8 Å². The Morgan fingerprint density at radius 2 is 1.70 bits per heavy atom. The van der Waals surface area contributed by atoms with Gasteiger partial charge in [-0.3, -0.25) is 0 Å². The van der Waals surface area contributed by atoms with E-state index in [9.17, 15) is 5.11 Å². The van der Waals surface area contributed by atoms with Gasteiger partial charge in [0.2, 0.25) is 0 Å². The molecule has 2 N–H and O–H groups in total. The quantitative estimate of drug-likeness (QED) is 0.723. The number of hydrogen-bond donors (Lipinski definition) is 2. The molecule has 5 heteroatoms. The van der Waals surface area contributed by atoms with Gasteiger partial charge in [0, 0.05) is 27.3 Å². The van der Waals surface area contributed by atoms with E-state index >= 15 is 0 Å². The molecule has 20 heavy (non-hydrogen) atoms. The summed E-state index contributed by atoms with van der Waals surface area (Å²) in [7, 11) is 0. The molecule has 106 valence electrons. The largest absolute Gasteiger partial charge is 0.506 e. The van der Waals surface area contributed by atoms with Crippen molar-refractivity contribution in [1.29, 1.82) is 0 Å². The van der Waals surface area contributed by atoms with E-state index in [0.717, 1.165) is 21.3 Å². The topological polar surface area (TPSA) is 32.3 Å². The molecule has 0 amide bonds.